The Labute approximate surface area is 178 Å². The zero-order chi connectivity index (χ0) is 21.6. The minimum absolute atomic E-state index is 0.0532. The molecule has 0 aliphatic carbocycles. The summed E-state index contributed by atoms with van der Waals surface area (Å²) in [4.78, 5) is 12.4. The molecule has 162 valence electrons. The van der Waals surface area contributed by atoms with Crippen molar-refractivity contribution in [1.29, 1.82) is 0 Å². The number of amides is 1. The highest BCUT2D eigenvalue weighted by atomic mass is 32.2. The Morgan fingerprint density at radius 3 is 2.47 bits per heavy atom. The van der Waals surface area contributed by atoms with Crippen LogP contribution in [0.2, 0.25) is 0 Å². The van der Waals surface area contributed by atoms with E-state index in [1.807, 2.05) is 37.3 Å². The third kappa shape index (κ3) is 5.66. The predicted molar refractivity (Wildman–Crippen MR) is 116 cm³/mol. The molecule has 0 saturated heterocycles. The van der Waals surface area contributed by atoms with Crippen LogP contribution in [0.1, 0.15) is 37.8 Å². The topological polar surface area (TPSA) is 84.9 Å². The van der Waals surface area contributed by atoms with Gasteiger partial charge < -0.3 is 14.8 Å². The zero-order valence-electron chi connectivity index (χ0n) is 17.3. The molecule has 0 bridgehead atoms. The fourth-order valence-electron chi connectivity index (χ4n) is 3.43. The first-order valence-corrected chi connectivity index (χ1v) is 11.9. The minimum Gasteiger partial charge on any atom is -0.486 e. The molecule has 1 aliphatic heterocycles. The molecule has 0 spiro atoms. The van der Waals surface area contributed by atoms with Crippen molar-refractivity contribution in [1.82, 2.24) is 5.32 Å². The van der Waals surface area contributed by atoms with Crippen LogP contribution in [-0.2, 0) is 14.8 Å². The molecule has 8 heteroatoms. The van der Waals surface area contributed by atoms with Crippen LogP contribution >= 0.6 is 0 Å². The maximum absolute atomic E-state index is 12.4. The van der Waals surface area contributed by atoms with Crippen LogP contribution in [0.25, 0.3) is 0 Å². The Hall–Kier alpha value is -2.74. The second kappa shape index (κ2) is 9.84. The summed E-state index contributed by atoms with van der Waals surface area (Å²) < 4.78 is 37.0. The standard InChI is InChI=1S/C22H28N2O5S/c1-3-19(17-8-5-4-6-9-17)23-22(25)10-7-13-24(30(2,26)27)18-11-12-20-21(16-18)29-15-14-28-20/h4-6,8-9,11-12,16,19H,3,7,10,13-15H2,1-2H3,(H,23,25)/t19-/m1/s1. The van der Waals surface area contributed by atoms with Crippen LogP contribution in [0.15, 0.2) is 48.5 Å². The van der Waals surface area contributed by atoms with Crippen LogP contribution in [0, 0.1) is 0 Å². The summed E-state index contributed by atoms with van der Waals surface area (Å²) in [5, 5.41) is 3.03. The van der Waals surface area contributed by atoms with Gasteiger partial charge in [0.25, 0.3) is 0 Å². The molecule has 2 aromatic rings. The van der Waals surface area contributed by atoms with E-state index in [0.717, 1.165) is 18.2 Å². The van der Waals surface area contributed by atoms with Crippen LogP contribution < -0.4 is 19.1 Å². The molecule has 30 heavy (non-hydrogen) atoms. The summed E-state index contributed by atoms with van der Waals surface area (Å²) in [6.45, 7) is 3.12. The SMILES string of the molecule is CC[C@@H](NC(=O)CCCN(c1ccc2c(c1)OCCO2)S(C)(=O)=O)c1ccccc1. The van der Waals surface area contributed by atoms with Crippen molar-refractivity contribution in [3.8, 4) is 11.5 Å². The van der Waals surface area contributed by atoms with Gasteiger partial charge >= 0.3 is 0 Å². The van der Waals surface area contributed by atoms with E-state index in [1.54, 1.807) is 18.2 Å². The number of nitrogens with one attached hydrogen (secondary N) is 1. The Balaban J connectivity index is 1.61. The Morgan fingerprint density at radius 1 is 1.10 bits per heavy atom. The Kier molecular flexibility index (Phi) is 7.20. The van der Waals surface area contributed by atoms with Crippen LogP contribution in [0.3, 0.4) is 0 Å². The van der Waals surface area contributed by atoms with Gasteiger partial charge in [0.15, 0.2) is 11.5 Å². The largest absolute Gasteiger partial charge is 0.486 e. The monoisotopic (exact) mass is 432 g/mol. The summed E-state index contributed by atoms with van der Waals surface area (Å²) in [7, 11) is -3.51. The van der Waals surface area contributed by atoms with Gasteiger partial charge in [-0.15, -0.1) is 0 Å². The van der Waals surface area contributed by atoms with Crippen molar-refractivity contribution >= 4 is 21.6 Å². The zero-order valence-corrected chi connectivity index (χ0v) is 18.2. The van der Waals surface area contributed by atoms with Crippen molar-refractivity contribution in [2.24, 2.45) is 0 Å². The first kappa shape index (κ1) is 22.0. The number of ether oxygens (including phenoxy) is 2. The molecule has 1 aliphatic rings. The van der Waals surface area contributed by atoms with Crippen LogP contribution in [0.4, 0.5) is 5.69 Å². The second-order valence-electron chi connectivity index (χ2n) is 7.21. The summed E-state index contributed by atoms with van der Waals surface area (Å²) in [6, 6.07) is 14.8. The number of fused-ring (bicyclic) bond motifs is 1. The Bertz CT molecular complexity index is 963. The van der Waals surface area contributed by atoms with Gasteiger partial charge in [-0.2, -0.15) is 0 Å². The van der Waals surface area contributed by atoms with Crippen LogP contribution in [-0.4, -0.2) is 40.3 Å². The van der Waals surface area contributed by atoms with Crippen molar-refractivity contribution in [3.63, 3.8) is 0 Å². The average molecular weight is 433 g/mol. The number of rotatable bonds is 9. The highest BCUT2D eigenvalue weighted by Gasteiger charge is 2.21. The second-order valence-corrected chi connectivity index (χ2v) is 9.11. The fraction of sp³-hybridized carbons (Fsp3) is 0.409. The lowest BCUT2D eigenvalue weighted by Gasteiger charge is -2.25. The van der Waals surface area contributed by atoms with E-state index in [4.69, 9.17) is 9.47 Å². The van der Waals surface area contributed by atoms with E-state index in [9.17, 15) is 13.2 Å². The summed E-state index contributed by atoms with van der Waals surface area (Å²) in [5.74, 6) is 1.03. The van der Waals surface area contributed by atoms with Gasteiger partial charge in [-0.05, 0) is 30.5 Å². The summed E-state index contributed by atoms with van der Waals surface area (Å²) >= 11 is 0. The number of hydrogen-bond acceptors (Lipinski definition) is 5. The van der Waals surface area contributed by atoms with Crippen molar-refractivity contribution in [2.45, 2.75) is 32.2 Å². The highest BCUT2D eigenvalue weighted by molar-refractivity contribution is 7.92. The molecule has 3 rings (SSSR count). The lowest BCUT2D eigenvalue weighted by atomic mass is 10.0. The quantitative estimate of drug-likeness (QED) is 0.657. The van der Waals surface area contributed by atoms with Gasteiger partial charge in [0.05, 0.1) is 18.0 Å². The van der Waals surface area contributed by atoms with E-state index in [2.05, 4.69) is 5.32 Å². The highest BCUT2D eigenvalue weighted by Crippen LogP contribution is 2.34. The van der Waals surface area contributed by atoms with Gasteiger partial charge in [-0.1, -0.05) is 37.3 Å². The number of nitrogens with zero attached hydrogens (tertiary/aromatic N) is 1. The molecule has 2 aromatic carbocycles. The van der Waals surface area contributed by atoms with Gasteiger partial charge in [0, 0.05) is 19.0 Å². The molecule has 1 heterocycles. The first-order valence-electron chi connectivity index (χ1n) is 10.1. The number of sulfonamides is 1. The Morgan fingerprint density at radius 2 is 1.80 bits per heavy atom. The normalized spacial score (nSPS) is 14.1. The van der Waals surface area contributed by atoms with E-state index in [-0.39, 0.29) is 24.9 Å². The van der Waals surface area contributed by atoms with Gasteiger partial charge in [-0.25, -0.2) is 8.42 Å². The number of benzene rings is 2. The molecule has 0 saturated carbocycles. The molecule has 7 nitrogen and oxygen atoms in total. The maximum atomic E-state index is 12.4. The minimum atomic E-state index is -3.51. The molecule has 1 atom stereocenters. The molecule has 1 N–H and O–H groups in total. The van der Waals surface area contributed by atoms with Gasteiger partial charge in [0.1, 0.15) is 13.2 Å². The van der Waals surface area contributed by atoms with Crippen molar-refractivity contribution in [3.05, 3.63) is 54.1 Å². The average Bonchev–Trinajstić information content (AvgIpc) is 2.74. The maximum Gasteiger partial charge on any atom is 0.232 e. The smallest absolute Gasteiger partial charge is 0.232 e. The molecular weight excluding hydrogens is 404 g/mol. The van der Waals surface area contributed by atoms with Crippen molar-refractivity contribution in [2.75, 3.05) is 30.3 Å². The van der Waals surface area contributed by atoms with E-state index < -0.39 is 10.0 Å². The van der Waals surface area contributed by atoms with Crippen LogP contribution in [0.5, 0.6) is 11.5 Å². The van der Waals surface area contributed by atoms with E-state index >= 15 is 0 Å². The fourth-order valence-corrected chi connectivity index (χ4v) is 4.39. The first-order chi connectivity index (χ1) is 14.4. The number of anilines is 1. The molecular formula is C22H28N2O5S. The lowest BCUT2D eigenvalue weighted by molar-refractivity contribution is -0.121. The molecule has 0 radical (unpaired) electrons. The third-order valence-electron chi connectivity index (χ3n) is 4.92. The van der Waals surface area contributed by atoms with E-state index in [1.165, 1.54) is 4.31 Å². The molecule has 0 unspecified atom stereocenters. The van der Waals surface area contributed by atoms with Crippen molar-refractivity contribution < 1.29 is 22.7 Å². The summed E-state index contributed by atoms with van der Waals surface area (Å²) in [6.07, 6.45) is 2.58. The van der Waals surface area contributed by atoms with E-state index in [0.29, 0.717) is 36.8 Å². The molecule has 0 aromatic heterocycles. The lowest BCUT2D eigenvalue weighted by Crippen LogP contribution is -2.33. The molecule has 1 amide bonds. The summed E-state index contributed by atoms with van der Waals surface area (Å²) in [5.41, 5.74) is 1.56. The number of hydrogen-bond donors (Lipinski definition) is 1. The number of carbonyl (C=O) groups excluding carboxylic acids is 1. The van der Waals surface area contributed by atoms with Gasteiger partial charge in [0.2, 0.25) is 15.9 Å². The third-order valence-corrected chi connectivity index (χ3v) is 6.12. The van der Waals surface area contributed by atoms with Gasteiger partial charge in [-0.3, -0.25) is 9.10 Å². The number of carbonyl (C=O) groups is 1. The predicted octanol–water partition coefficient (Wildman–Crippen LogP) is 3.27. The molecule has 0 fully saturated rings.